The fourth-order valence-electron chi connectivity index (χ4n) is 2.13. The quantitative estimate of drug-likeness (QED) is 0.919. The first kappa shape index (κ1) is 14.1. The number of anilines is 1. The van der Waals surface area contributed by atoms with Crippen LogP contribution in [0.5, 0.6) is 0 Å². The van der Waals surface area contributed by atoms with Crippen molar-refractivity contribution < 1.29 is 4.74 Å². The van der Waals surface area contributed by atoms with Gasteiger partial charge < -0.3 is 10.1 Å². The average molecular weight is 280 g/mol. The van der Waals surface area contributed by atoms with Gasteiger partial charge in [0, 0.05) is 37.8 Å². The Morgan fingerprint density at radius 1 is 1.37 bits per heavy atom. The van der Waals surface area contributed by atoms with Gasteiger partial charge >= 0.3 is 0 Å². The molecule has 1 aliphatic rings. The van der Waals surface area contributed by atoms with Crippen molar-refractivity contribution >= 4 is 17.3 Å². The second-order valence-corrected chi connectivity index (χ2v) is 4.97. The van der Waals surface area contributed by atoms with Gasteiger partial charge in [-0.2, -0.15) is 5.26 Å². The van der Waals surface area contributed by atoms with E-state index in [9.17, 15) is 0 Å². The minimum Gasteiger partial charge on any atom is -0.383 e. The lowest BCUT2D eigenvalue weighted by atomic mass is 10.2. The highest BCUT2D eigenvalue weighted by atomic mass is 35.5. The minimum absolute atomic E-state index is 0.628. The van der Waals surface area contributed by atoms with E-state index >= 15 is 0 Å². The molecule has 0 aliphatic carbocycles. The van der Waals surface area contributed by atoms with Crippen LogP contribution in [0.1, 0.15) is 12.0 Å². The molecule has 0 atom stereocenters. The molecule has 0 saturated carbocycles. The standard InChI is InChI=1S/C14H18ClN3O/c15-13-3-2-12(11-16)14(10-13)17-4-6-18-5-1-8-19-9-7-18/h2-3,10,17H,1,4-9H2. The van der Waals surface area contributed by atoms with Crippen molar-refractivity contribution in [2.75, 3.05) is 44.7 Å². The van der Waals surface area contributed by atoms with Crippen molar-refractivity contribution in [3.8, 4) is 6.07 Å². The van der Waals surface area contributed by atoms with Gasteiger partial charge in [-0.1, -0.05) is 11.6 Å². The predicted molar refractivity (Wildman–Crippen MR) is 76.5 cm³/mol. The van der Waals surface area contributed by atoms with Crippen LogP contribution >= 0.6 is 11.6 Å². The van der Waals surface area contributed by atoms with E-state index in [4.69, 9.17) is 21.6 Å². The molecule has 0 amide bonds. The number of halogens is 1. The van der Waals surface area contributed by atoms with Crippen molar-refractivity contribution in [2.45, 2.75) is 6.42 Å². The predicted octanol–water partition coefficient (Wildman–Crippen LogP) is 2.35. The Labute approximate surface area is 118 Å². The van der Waals surface area contributed by atoms with Crippen LogP contribution < -0.4 is 5.32 Å². The van der Waals surface area contributed by atoms with Crippen molar-refractivity contribution in [3.05, 3.63) is 28.8 Å². The second kappa shape index (κ2) is 7.34. The summed E-state index contributed by atoms with van der Waals surface area (Å²) in [6, 6.07) is 7.44. The molecule has 1 aromatic carbocycles. The van der Waals surface area contributed by atoms with E-state index in [1.165, 1.54) is 0 Å². The summed E-state index contributed by atoms with van der Waals surface area (Å²) >= 11 is 5.95. The van der Waals surface area contributed by atoms with E-state index in [1.54, 1.807) is 18.2 Å². The maximum atomic E-state index is 9.03. The van der Waals surface area contributed by atoms with Gasteiger partial charge in [-0.15, -0.1) is 0 Å². The highest BCUT2D eigenvalue weighted by Gasteiger charge is 2.09. The molecule has 0 unspecified atom stereocenters. The van der Waals surface area contributed by atoms with Gasteiger partial charge in [0.25, 0.3) is 0 Å². The van der Waals surface area contributed by atoms with Crippen LogP contribution in [0.2, 0.25) is 5.02 Å². The van der Waals surface area contributed by atoms with Gasteiger partial charge in [-0.05, 0) is 24.6 Å². The molecule has 0 spiro atoms. The highest BCUT2D eigenvalue weighted by molar-refractivity contribution is 6.30. The normalized spacial score (nSPS) is 16.6. The van der Waals surface area contributed by atoms with E-state index in [2.05, 4.69) is 16.3 Å². The summed E-state index contributed by atoms with van der Waals surface area (Å²) in [4.78, 5) is 2.37. The number of benzene rings is 1. The molecule has 1 aliphatic heterocycles. The monoisotopic (exact) mass is 279 g/mol. The fraction of sp³-hybridized carbons (Fsp3) is 0.500. The van der Waals surface area contributed by atoms with Gasteiger partial charge in [0.15, 0.2) is 0 Å². The Morgan fingerprint density at radius 2 is 2.26 bits per heavy atom. The van der Waals surface area contributed by atoms with Crippen LogP contribution in [-0.4, -0.2) is 44.3 Å². The maximum Gasteiger partial charge on any atom is 0.101 e. The SMILES string of the molecule is N#Cc1ccc(Cl)cc1NCCN1CCCOCC1. The van der Waals surface area contributed by atoms with Crippen LogP contribution in [0.3, 0.4) is 0 Å². The molecular weight excluding hydrogens is 262 g/mol. The molecule has 102 valence electrons. The third kappa shape index (κ3) is 4.39. The van der Waals surface area contributed by atoms with E-state index in [1.807, 2.05) is 0 Å². The molecule has 0 bridgehead atoms. The zero-order valence-corrected chi connectivity index (χ0v) is 11.6. The summed E-state index contributed by atoms with van der Waals surface area (Å²) in [5, 5.41) is 13.0. The molecular formula is C14H18ClN3O. The summed E-state index contributed by atoms with van der Waals surface area (Å²) < 4.78 is 5.42. The Balaban J connectivity index is 1.85. The second-order valence-electron chi connectivity index (χ2n) is 4.54. The highest BCUT2D eigenvalue weighted by Crippen LogP contribution is 2.20. The van der Waals surface area contributed by atoms with E-state index in [-0.39, 0.29) is 0 Å². The minimum atomic E-state index is 0.628. The lowest BCUT2D eigenvalue weighted by molar-refractivity contribution is 0.142. The number of nitriles is 1. The van der Waals surface area contributed by atoms with Crippen LogP contribution in [0.4, 0.5) is 5.69 Å². The van der Waals surface area contributed by atoms with Gasteiger partial charge in [0.2, 0.25) is 0 Å². The lowest BCUT2D eigenvalue weighted by Crippen LogP contribution is -2.31. The van der Waals surface area contributed by atoms with Crippen LogP contribution in [-0.2, 0) is 4.74 Å². The van der Waals surface area contributed by atoms with Crippen molar-refractivity contribution in [3.63, 3.8) is 0 Å². The number of ether oxygens (including phenoxy) is 1. The molecule has 0 radical (unpaired) electrons. The fourth-order valence-corrected chi connectivity index (χ4v) is 2.30. The number of nitrogens with one attached hydrogen (secondary N) is 1. The van der Waals surface area contributed by atoms with Crippen LogP contribution in [0.15, 0.2) is 18.2 Å². The molecule has 1 saturated heterocycles. The molecule has 1 aromatic rings. The number of nitrogens with zero attached hydrogens (tertiary/aromatic N) is 2. The van der Waals surface area contributed by atoms with Crippen LogP contribution in [0, 0.1) is 11.3 Å². The van der Waals surface area contributed by atoms with Gasteiger partial charge in [0.1, 0.15) is 6.07 Å². The molecule has 2 rings (SSSR count). The molecule has 1 fully saturated rings. The first-order chi connectivity index (χ1) is 9.29. The summed E-state index contributed by atoms with van der Waals surface area (Å²) in [5.41, 5.74) is 1.43. The number of hydrogen-bond acceptors (Lipinski definition) is 4. The molecule has 4 nitrogen and oxygen atoms in total. The Kier molecular flexibility index (Phi) is 5.46. The third-order valence-corrected chi connectivity index (χ3v) is 3.40. The summed E-state index contributed by atoms with van der Waals surface area (Å²) in [6.07, 6.45) is 1.08. The maximum absolute atomic E-state index is 9.03. The van der Waals surface area contributed by atoms with Gasteiger partial charge in [0.05, 0.1) is 17.9 Å². The largest absolute Gasteiger partial charge is 0.383 e. The van der Waals surface area contributed by atoms with Gasteiger partial charge in [-0.3, -0.25) is 4.90 Å². The number of rotatable bonds is 4. The average Bonchev–Trinajstić information content (AvgIpc) is 2.68. The molecule has 1 heterocycles. The number of hydrogen-bond donors (Lipinski definition) is 1. The summed E-state index contributed by atoms with van der Waals surface area (Å²) in [5.74, 6) is 0. The zero-order chi connectivity index (χ0) is 13.5. The molecule has 0 aromatic heterocycles. The van der Waals surface area contributed by atoms with E-state index in [0.29, 0.717) is 10.6 Å². The smallest absolute Gasteiger partial charge is 0.101 e. The summed E-state index contributed by atoms with van der Waals surface area (Å²) in [6.45, 7) is 5.46. The van der Waals surface area contributed by atoms with Crippen molar-refractivity contribution in [1.82, 2.24) is 4.90 Å². The Hall–Kier alpha value is -1.28. The first-order valence-corrected chi connectivity index (χ1v) is 6.91. The summed E-state index contributed by atoms with van der Waals surface area (Å²) in [7, 11) is 0. The van der Waals surface area contributed by atoms with Crippen molar-refractivity contribution in [1.29, 1.82) is 5.26 Å². The Morgan fingerprint density at radius 3 is 3.11 bits per heavy atom. The molecule has 1 N–H and O–H groups in total. The zero-order valence-electron chi connectivity index (χ0n) is 10.9. The van der Waals surface area contributed by atoms with E-state index < -0.39 is 0 Å². The van der Waals surface area contributed by atoms with Crippen molar-refractivity contribution in [2.24, 2.45) is 0 Å². The first-order valence-electron chi connectivity index (χ1n) is 6.53. The lowest BCUT2D eigenvalue weighted by Gasteiger charge is -2.19. The van der Waals surface area contributed by atoms with Crippen LogP contribution in [0.25, 0.3) is 0 Å². The molecule has 5 heteroatoms. The third-order valence-electron chi connectivity index (χ3n) is 3.16. The topological polar surface area (TPSA) is 48.3 Å². The van der Waals surface area contributed by atoms with Gasteiger partial charge in [-0.25, -0.2) is 0 Å². The van der Waals surface area contributed by atoms with E-state index in [0.717, 1.165) is 51.5 Å². The molecule has 19 heavy (non-hydrogen) atoms. The Bertz CT molecular complexity index is 450.